The molecular weight excluding hydrogens is 132 g/mol. The van der Waals surface area contributed by atoms with E-state index in [-0.39, 0.29) is 6.17 Å². The van der Waals surface area contributed by atoms with Crippen molar-refractivity contribution in [2.45, 2.75) is 13.1 Å². The Balaban J connectivity index is 2.62. The van der Waals surface area contributed by atoms with Gasteiger partial charge < -0.3 is 0 Å². The van der Waals surface area contributed by atoms with Gasteiger partial charge in [-0.05, 0) is 6.92 Å². The monoisotopic (exact) mass is 142 g/mol. The summed E-state index contributed by atoms with van der Waals surface area (Å²) in [5, 5.41) is 5.49. The average Bonchev–Trinajstić information content (AvgIpc) is 2.30. The van der Waals surface area contributed by atoms with Gasteiger partial charge in [0.1, 0.15) is 5.84 Å². The van der Waals surface area contributed by atoms with Gasteiger partial charge in [-0.3, -0.25) is 15.2 Å². The first-order valence-corrected chi connectivity index (χ1v) is 3.01. The Kier molecular flexibility index (Phi) is 1.86. The fourth-order valence-electron chi connectivity index (χ4n) is 0.865. The minimum absolute atomic E-state index is 0.356. The quantitative estimate of drug-likeness (QED) is 0.480. The number of nitrogens with zero attached hydrogens (tertiary/aromatic N) is 2. The smallest absolute Gasteiger partial charge is 0.186 e. The van der Waals surface area contributed by atoms with Crippen LogP contribution in [0.15, 0.2) is 5.10 Å². The molecule has 1 aliphatic rings. The zero-order chi connectivity index (χ0) is 7.56. The predicted molar refractivity (Wildman–Crippen MR) is 37.0 cm³/mol. The Morgan fingerprint density at radius 3 is 3.00 bits per heavy atom. The summed E-state index contributed by atoms with van der Waals surface area (Å²) in [7, 11) is 1.74. The first-order chi connectivity index (χ1) is 4.79. The molecular formula is C5H10N4O. The lowest BCUT2D eigenvalue weighted by molar-refractivity contribution is -0.112. The van der Waals surface area contributed by atoms with E-state index in [1.54, 1.807) is 12.1 Å². The van der Waals surface area contributed by atoms with Gasteiger partial charge in [0.2, 0.25) is 0 Å². The lowest BCUT2D eigenvalue weighted by Gasteiger charge is -2.19. The molecule has 0 saturated carbocycles. The maximum absolute atomic E-state index is 10.3. The van der Waals surface area contributed by atoms with Gasteiger partial charge in [0, 0.05) is 7.05 Å². The highest BCUT2D eigenvalue weighted by Crippen LogP contribution is 1.98. The Morgan fingerprint density at radius 1 is 1.90 bits per heavy atom. The second kappa shape index (κ2) is 2.66. The molecule has 56 valence electrons. The minimum atomic E-state index is -0.356. The van der Waals surface area contributed by atoms with E-state index in [9.17, 15) is 4.79 Å². The Bertz CT molecular complexity index is 167. The van der Waals surface area contributed by atoms with Crippen molar-refractivity contribution >= 4 is 12.1 Å². The molecule has 1 aliphatic heterocycles. The summed E-state index contributed by atoms with van der Waals surface area (Å²) in [6.45, 7) is 1.81. The minimum Gasteiger partial charge on any atom is -0.299 e. The molecule has 0 aromatic heterocycles. The van der Waals surface area contributed by atoms with Crippen molar-refractivity contribution in [3.05, 3.63) is 0 Å². The van der Waals surface area contributed by atoms with Crippen LogP contribution in [-0.4, -0.2) is 30.3 Å². The third-order valence-corrected chi connectivity index (χ3v) is 1.36. The van der Waals surface area contributed by atoms with Crippen LogP contribution in [0.2, 0.25) is 0 Å². The van der Waals surface area contributed by atoms with Crippen LogP contribution < -0.4 is 10.9 Å². The molecule has 5 nitrogen and oxygen atoms in total. The number of hydrogen-bond acceptors (Lipinski definition) is 5. The van der Waals surface area contributed by atoms with Gasteiger partial charge in [-0.15, -0.1) is 0 Å². The molecule has 0 aromatic rings. The van der Waals surface area contributed by atoms with Crippen LogP contribution in [0, 0.1) is 0 Å². The van der Waals surface area contributed by atoms with Crippen molar-refractivity contribution in [1.82, 2.24) is 15.9 Å². The lowest BCUT2D eigenvalue weighted by atomic mass is 10.5. The van der Waals surface area contributed by atoms with Crippen LogP contribution in [0.1, 0.15) is 6.92 Å². The Morgan fingerprint density at radius 2 is 2.60 bits per heavy atom. The van der Waals surface area contributed by atoms with Gasteiger partial charge in [-0.25, -0.2) is 5.43 Å². The van der Waals surface area contributed by atoms with Gasteiger partial charge in [0.25, 0.3) is 0 Å². The molecule has 0 bridgehead atoms. The highest BCUT2D eigenvalue weighted by Gasteiger charge is 2.22. The number of nitrogens with one attached hydrogen (secondary N) is 2. The number of carbonyl (C=O) groups excluding carboxylic acids is 1. The first kappa shape index (κ1) is 7.01. The molecule has 0 aromatic carbocycles. The highest BCUT2D eigenvalue weighted by atomic mass is 16.1. The van der Waals surface area contributed by atoms with Crippen molar-refractivity contribution < 1.29 is 4.79 Å². The maximum atomic E-state index is 10.3. The van der Waals surface area contributed by atoms with Crippen LogP contribution in [0.3, 0.4) is 0 Å². The molecule has 0 amide bonds. The summed E-state index contributed by atoms with van der Waals surface area (Å²) in [6, 6.07) is 0. The Hall–Kier alpha value is -1.10. The fourth-order valence-corrected chi connectivity index (χ4v) is 0.865. The molecule has 1 atom stereocenters. The number of hydrazine groups is 1. The fraction of sp³-hybridized carbons (Fsp3) is 0.600. The van der Waals surface area contributed by atoms with Crippen molar-refractivity contribution in [2.75, 3.05) is 7.05 Å². The van der Waals surface area contributed by atoms with Crippen LogP contribution >= 0.6 is 0 Å². The summed E-state index contributed by atoms with van der Waals surface area (Å²) in [5.41, 5.74) is 5.46. The van der Waals surface area contributed by atoms with Gasteiger partial charge in [-0.2, -0.15) is 5.10 Å². The van der Waals surface area contributed by atoms with Crippen LogP contribution in [0.4, 0.5) is 0 Å². The number of aldehydes is 1. The van der Waals surface area contributed by atoms with Gasteiger partial charge in [0.05, 0.1) is 0 Å². The zero-order valence-electron chi connectivity index (χ0n) is 5.96. The second-order valence-corrected chi connectivity index (χ2v) is 1.96. The van der Waals surface area contributed by atoms with Crippen LogP contribution in [0.25, 0.3) is 0 Å². The SMILES string of the molecule is CNN1C(C)=NNC1C=O. The number of rotatable bonds is 2. The molecule has 0 spiro atoms. The number of hydrogen-bond donors (Lipinski definition) is 2. The van der Waals surface area contributed by atoms with E-state index in [4.69, 9.17) is 0 Å². The van der Waals surface area contributed by atoms with Crippen LogP contribution in [0.5, 0.6) is 0 Å². The highest BCUT2D eigenvalue weighted by molar-refractivity contribution is 5.83. The molecule has 0 fully saturated rings. The molecule has 1 heterocycles. The molecule has 0 aliphatic carbocycles. The number of hydrazone groups is 1. The van der Waals surface area contributed by atoms with E-state index in [2.05, 4.69) is 16.0 Å². The first-order valence-electron chi connectivity index (χ1n) is 3.01. The van der Waals surface area contributed by atoms with E-state index in [0.29, 0.717) is 0 Å². The Labute approximate surface area is 59.0 Å². The second-order valence-electron chi connectivity index (χ2n) is 1.96. The van der Waals surface area contributed by atoms with E-state index < -0.39 is 0 Å². The van der Waals surface area contributed by atoms with Gasteiger partial charge in [-0.1, -0.05) is 0 Å². The topological polar surface area (TPSA) is 56.7 Å². The standard InChI is InChI=1S/C5H10N4O/c1-4-7-8-5(3-10)9(4)6-2/h3,5-6,8H,1-2H3. The summed E-state index contributed by atoms with van der Waals surface area (Å²) in [4.78, 5) is 10.3. The molecule has 0 radical (unpaired) electrons. The normalized spacial score (nSPS) is 24.0. The summed E-state index contributed by atoms with van der Waals surface area (Å²) in [6.07, 6.45) is 0.432. The van der Waals surface area contributed by atoms with Crippen LogP contribution in [-0.2, 0) is 4.79 Å². The van der Waals surface area contributed by atoms with E-state index >= 15 is 0 Å². The molecule has 5 heteroatoms. The molecule has 2 N–H and O–H groups in total. The summed E-state index contributed by atoms with van der Waals surface area (Å²) < 4.78 is 0. The number of carbonyl (C=O) groups is 1. The van der Waals surface area contributed by atoms with Crippen molar-refractivity contribution in [1.29, 1.82) is 0 Å². The molecule has 10 heavy (non-hydrogen) atoms. The predicted octanol–water partition coefficient (Wildman–Crippen LogP) is -1.12. The van der Waals surface area contributed by atoms with E-state index in [0.717, 1.165) is 12.1 Å². The van der Waals surface area contributed by atoms with Crippen molar-refractivity contribution in [3.8, 4) is 0 Å². The lowest BCUT2D eigenvalue weighted by Crippen LogP contribution is -2.47. The average molecular weight is 142 g/mol. The summed E-state index contributed by atoms with van der Waals surface area (Å²) in [5.74, 6) is 0.764. The largest absolute Gasteiger partial charge is 0.299 e. The van der Waals surface area contributed by atoms with E-state index in [1.807, 2.05) is 6.92 Å². The maximum Gasteiger partial charge on any atom is 0.186 e. The number of amidine groups is 1. The van der Waals surface area contributed by atoms with Gasteiger partial charge in [0.15, 0.2) is 12.5 Å². The molecule has 1 unspecified atom stereocenters. The zero-order valence-corrected chi connectivity index (χ0v) is 5.96. The van der Waals surface area contributed by atoms with E-state index in [1.165, 1.54) is 0 Å². The van der Waals surface area contributed by atoms with Crippen molar-refractivity contribution in [2.24, 2.45) is 5.10 Å². The van der Waals surface area contributed by atoms with Gasteiger partial charge >= 0.3 is 0 Å². The molecule has 0 saturated heterocycles. The third kappa shape index (κ3) is 0.950. The van der Waals surface area contributed by atoms with Crippen molar-refractivity contribution in [3.63, 3.8) is 0 Å². The molecule has 1 rings (SSSR count). The third-order valence-electron chi connectivity index (χ3n) is 1.36. The summed E-state index contributed by atoms with van der Waals surface area (Å²) >= 11 is 0.